The van der Waals surface area contributed by atoms with E-state index in [9.17, 15) is 0 Å². The summed E-state index contributed by atoms with van der Waals surface area (Å²) in [5.41, 5.74) is 1.26. The molecular formula is C28H34OSi. The quantitative estimate of drug-likeness (QED) is 0.289. The van der Waals surface area contributed by atoms with E-state index >= 15 is 0 Å². The molecule has 3 rings (SSSR count). The molecule has 2 heteroatoms. The summed E-state index contributed by atoms with van der Waals surface area (Å²) in [5, 5.41) is 2.75. The highest BCUT2D eigenvalue weighted by atomic mass is 28.4. The lowest BCUT2D eigenvalue weighted by Crippen LogP contribution is -2.66. The van der Waals surface area contributed by atoms with E-state index in [0.29, 0.717) is 0 Å². The molecule has 0 amide bonds. The average Bonchev–Trinajstić information content (AvgIpc) is 2.77. The van der Waals surface area contributed by atoms with Crippen LogP contribution in [0.25, 0.3) is 6.08 Å². The second-order valence-electron chi connectivity index (χ2n) is 8.82. The van der Waals surface area contributed by atoms with Crippen molar-refractivity contribution in [1.82, 2.24) is 0 Å². The molecule has 3 aromatic carbocycles. The summed E-state index contributed by atoms with van der Waals surface area (Å²) < 4.78 is 6.95. The van der Waals surface area contributed by atoms with Crippen molar-refractivity contribution in [3.63, 3.8) is 0 Å². The highest BCUT2D eigenvalue weighted by molar-refractivity contribution is 6.99. The third kappa shape index (κ3) is 5.38. The van der Waals surface area contributed by atoms with Crippen LogP contribution in [0.1, 0.15) is 45.6 Å². The SMILES string of the molecule is CC(C)(C)[Si](OCCCC/C=C/c1ccccc1)(c1ccccc1)c1ccccc1. The lowest BCUT2D eigenvalue weighted by molar-refractivity contribution is 0.289. The summed E-state index contributed by atoms with van der Waals surface area (Å²) in [6.07, 6.45) is 7.78. The van der Waals surface area contributed by atoms with Gasteiger partial charge in [0.2, 0.25) is 0 Å². The fourth-order valence-electron chi connectivity index (χ4n) is 4.13. The van der Waals surface area contributed by atoms with Gasteiger partial charge in [0.05, 0.1) is 0 Å². The fourth-order valence-corrected chi connectivity index (χ4v) is 8.74. The van der Waals surface area contributed by atoms with Crippen molar-refractivity contribution in [3.05, 3.63) is 103 Å². The van der Waals surface area contributed by atoms with Gasteiger partial charge in [-0.1, -0.05) is 124 Å². The first-order chi connectivity index (χ1) is 14.5. The van der Waals surface area contributed by atoms with Crippen molar-refractivity contribution in [2.24, 2.45) is 0 Å². The number of hydrogen-bond acceptors (Lipinski definition) is 1. The van der Waals surface area contributed by atoms with Crippen molar-refractivity contribution >= 4 is 24.8 Å². The third-order valence-corrected chi connectivity index (χ3v) is 10.7. The summed E-state index contributed by atoms with van der Waals surface area (Å²) >= 11 is 0. The maximum atomic E-state index is 6.95. The highest BCUT2D eigenvalue weighted by Crippen LogP contribution is 2.36. The van der Waals surface area contributed by atoms with Gasteiger partial charge in [-0.15, -0.1) is 0 Å². The summed E-state index contributed by atoms with van der Waals surface area (Å²) in [5.74, 6) is 0. The predicted octanol–water partition coefficient (Wildman–Crippen LogP) is 6.45. The molecule has 156 valence electrons. The molecular weight excluding hydrogens is 380 g/mol. The molecule has 0 aromatic heterocycles. The largest absolute Gasteiger partial charge is 0.407 e. The first-order valence-electron chi connectivity index (χ1n) is 11.0. The lowest BCUT2D eigenvalue weighted by atomic mass is 10.2. The first-order valence-corrected chi connectivity index (χ1v) is 12.9. The second-order valence-corrected chi connectivity index (χ2v) is 13.1. The van der Waals surface area contributed by atoms with Gasteiger partial charge < -0.3 is 4.43 Å². The van der Waals surface area contributed by atoms with E-state index in [0.717, 1.165) is 25.9 Å². The predicted molar refractivity (Wildman–Crippen MR) is 133 cm³/mol. The van der Waals surface area contributed by atoms with Crippen LogP contribution >= 0.6 is 0 Å². The summed E-state index contributed by atoms with van der Waals surface area (Å²) in [6, 6.07) is 32.3. The zero-order chi connectivity index (χ0) is 21.3. The number of hydrogen-bond donors (Lipinski definition) is 0. The van der Waals surface area contributed by atoms with E-state index in [2.05, 4.69) is 124 Å². The molecule has 0 fully saturated rings. The number of unbranched alkanes of at least 4 members (excludes halogenated alkanes) is 2. The van der Waals surface area contributed by atoms with Crippen LogP contribution in [0, 0.1) is 0 Å². The molecule has 1 nitrogen and oxygen atoms in total. The van der Waals surface area contributed by atoms with E-state index in [1.54, 1.807) is 0 Å². The maximum Gasteiger partial charge on any atom is 0.261 e. The minimum Gasteiger partial charge on any atom is -0.407 e. The fraction of sp³-hybridized carbons (Fsp3) is 0.286. The Labute approximate surface area is 183 Å². The Morgan fingerprint density at radius 2 is 1.20 bits per heavy atom. The van der Waals surface area contributed by atoms with Crippen LogP contribution in [0.2, 0.25) is 5.04 Å². The van der Waals surface area contributed by atoms with Crippen molar-refractivity contribution in [2.75, 3.05) is 6.61 Å². The minimum atomic E-state index is -2.39. The Kier molecular flexibility index (Phi) is 7.84. The molecule has 0 saturated carbocycles. The molecule has 0 bridgehead atoms. The van der Waals surface area contributed by atoms with Gasteiger partial charge in [0.15, 0.2) is 0 Å². The van der Waals surface area contributed by atoms with Gasteiger partial charge in [-0.3, -0.25) is 0 Å². The monoisotopic (exact) mass is 414 g/mol. The molecule has 0 aliphatic rings. The molecule has 0 N–H and O–H groups in total. The molecule has 0 radical (unpaired) electrons. The van der Waals surface area contributed by atoms with Gasteiger partial charge in [0.1, 0.15) is 0 Å². The summed E-state index contributed by atoms with van der Waals surface area (Å²) in [6.45, 7) is 7.80. The van der Waals surface area contributed by atoms with Gasteiger partial charge in [0.25, 0.3) is 8.32 Å². The molecule has 0 saturated heterocycles. The second kappa shape index (κ2) is 10.6. The van der Waals surface area contributed by atoms with Crippen LogP contribution in [-0.2, 0) is 4.43 Å². The molecule has 3 aromatic rings. The van der Waals surface area contributed by atoms with E-state index in [1.807, 2.05) is 0 Å². The van der Waals surface area contributed by atoms with Crippen LogP contribution in [0.3, 0.4) is 0 Å². The molecule has 0 aliphatic carbocycles. The summed E-state index contributed by atoms with van der Waals surface area (Å²) in [4.78, 5) is 0. The van der Waals surface area contributed by atoms with E-state index in [4.69, 9.17) is 4.43 Å². The number of rotatable bonds is 9. The first kappa shape index (κ1) is 22.3. The van der Waals surface area contributed by atoms with Gasteiger partial charge in [-0.05, 0) is 40.2 Å². The standard InChI is InChI=1S/C28H34OSi/c1-28(2,3)30(26-20-12-7-13-21-26,27-22-14-8-15-23-27)29-24-16-5-4-9-17-25-18-10-6-11-19-25/h6-15,17-23H,4-5,16,24H2,1-3H3/b17-9+. The Morgan fingerprint density at radius 3 is 1.70 bits per heavy atom. The Bertz CT molecular complexity index is 856. The molecule has 0 heterocycles. The molecule has 0 atom stereocenters. The zero-order valence-corrected chi connectivity index (χ0v) is 19.6. The number of allylic oxidation sites excluding steroid dienone is 1. The average molecular weight is 415 g/mol. The Hall–Kier alpha value is -2.42. The van der Waals surface area contributed by atoms with Crippen LogP contribution in [0.15, 0.2) is 97.1 Å². The lowest BCUT2D eigenvalue weighted by Gasteiger charge is -2.43. The van der Waals surface area contributed by atoms with Gasteiger partial charge >= 0.3 is 0 Å². The van der Waals surface area contributed by atoms with Crippen molar-refractivity contribution < 1.29 is 4.43 Å². The van der Waals surface area contributed by atoms with Gasteiger partial charge in [-0.2, -0.15) is 0 Å². The summed E-state index contributed by atoms with van der Waals surface area (Å²) in [7, 11) is -2.39. The molecule has 0 aliphatic heterocycles. The van der Waals surface area contributed by atoms with E-state index in [1.165, 1.54) is 15.9 Å². The van der Waals surface area contributed by atoms with Crippen LogP contribution in [0.5, 0.6) is 0 Å². The Morgan fingerprint density at radius 1 is 0.700 bits per heavy atom. The van der Waals surface area contributed by atoms with Crippen molar-refractivity contribution in [1.29, 1.82) is 0 Å². The maximum absolute atomic E-state index is 6.95. The van der Waals surface area contributed by atoms with E-state index < -0.39 is 8.32 Å². The number of benzene rings is 3. The molecule has 0 spiro atoms. The van der Waals surface area contributed by atoms with Crippen LogP contribution in [0.4, 0.5) is 0 Å². The van der Waals surface area contributed by atoms with Gasteiger partial charge in [0, 0.05) is 6.61 Å². The normalized spacial score (nSPS) is 12.4. The van der Waals surface area contributed by atoms with Crippen molar-refractivity contribution in [2.45, 2.75) is 45.1 Å². The van der Waals surface area contributed by atoms with E-state index in [-0.39, 0.29) is 5.04 Å². The minimum absolute atomic E-state index is 0.0446. The van der Waals surface area contributed by atoms with Crippen LogP contribution in [-0.4, -0.2) is 14.9 Å². The Balaban J connectivity index is 1.70. The molecule has 30 heavy (non-hydrogen) atoms. The highest BCUT2D eigenvalue weighted by Gasteiger charge is 2.49. The smallest absolute Gasteiger partial charge is 0.261 e. The topological polar surface area (TPSA) is 9.23 Å². The van der Waals surface area contributed by atoms with Crippen molar-refractivity contribution in [3.8, 4) is 0 Å². The molecule has 0 unspecified atom stereocenters. The zero-order valence-electron chi connectivity index (χ0n) is 18.6. The van der Waals surface area contributed by atoms with Gasteiger partial charge in [-0.25, -0.2) is 0 Å². The van der Waals surface area contributed by atoms with Crippen LogP contribution < -0.4 is 10.4 Å². The third-order valence-electron chi connectivity index (χ3n) is 5.61.